The molecule has 1 unspecified atom stereocenters. The summed E-state index contributed by atoms with van der Waals surface area (Å²) in [5, 5.41) is 0. The van der Waals surface area contributed by atoms with Gasteiger partial charge in [-0.1, -0.05) is 19.9 Å². The molecule has 2 aliphatic heterocycles. The van der Waals surface area contributed by atoms with Crippen LogP contribution < -0.4 is 0 Å². The maximum absolute atomic E-state index is 12.2. The van der Waals surface area contributed by atoms with Gasteiger partial charge in [-0.3, -0.25) is 8.77 Å². The van der Waals surface area contributed by atoms with Gasteiger partial charge in [0.1, 0.15) is 4.65 Å². The molecular formula is C9H15O4PS. The minimum atomic E-state index is -3.24. The van der Waals surface area contributed by atoms with Crippen LogP contribution in [-0.4, -0.2) is 23.2 Å². The molecule has 6 heteroatoms. The molecule has 0 aliphatic carbocycles. The molecule has 0 radical (unpaired) electrons. The van der Waals surface area contributed by atoms with E-state index in [1.54, 1.807) is 6.08 Å². The summed E-state index contributed by atoms with van der Waals surface area (Å²) in [6.07, 6.45) is 2.43. The molecule has 0 N–H and O–H groups in total. The topological polar surface area (TPSA) is 52.6 Å². The summed E-state index contributed by atoms with van der Waals surface area (Å²) in [5.74, 6) is 0.537. The maximum atomic E-state index is 12.2. The van der Waals surface area contributed by atoms with Crippen molar-refractivity contribution in [1.29, 1.82) is 0 Å². The molecule has 4 nitrogen and oxygen atoms in total. The highest BCUT2D eigenvalue weighted by atomic mass is 32.2. The zero-order chi connectivity index (χ0) is 11.1. The standard InChI is InChI=1S/C9H15O4PS/c1-9(2)6-12-14(10,13-7-9)8-4-3-5-15(8)11/h4H,3,5-7H2,1-2H3. The van der Waals surface area contributed by atoms with Crippen molar-refractivity contribution >= 4 is 18.4 Å². The second-order valence-electron chi connectivity index (χ2n) is 4.59. The Morgan fingerprint density at radius 2 is 2.00 bits per heavy atom. The largest absolute Gasteiger partial charge is 0.369 e. The molecule has 1 atom stereocenters. The Hall–Kier alpha value is 0.0400. The summed E-state index contributed by atoms with van der Waals surface area (Å²) < 4.78 is 34.8. The average molecular weight is 250 g/mol. The van der Waals surface area contributed by atoms with Gasteiger partial charge in [0.15, 0.2) is 0 Å². The van der Waals surface area contributed by atoms with Gasteiger partial charge in [-0.25, -0.2) is 0 Å². The zero-order valence-corrected chi connectivity index (χ0v) is 10.6. The fourth-order valence-corrected chi connectivity index (χ4v) is 5.60. The van der Waals surface area contributed by atoms with Gasteiger partial charge in [0.25, 0.3) is 0 Å². The Morgan fingerprint density at radius 3 is 2.47 bits per heavy atom. The van der Waals surface area contributed by atoms with Crippen LogP contribution in [0.4, 0.5) is 0 Å². The lowest BCUT2D eigenvalue weighted by Gasteiger charge is -2.34. The molecule has 1 fully saturated rings. The molecule has 2 aliphatic rings. The van der Waals surface area contributed by atoms with Crippen LogP contribution in [0.25, 0.3) is 0 Å². The Bertz CT molecular complexity index is 360. The maximum Gasteiger partial charge on any atom is 0.369 e. The molecule has 0 spiro atoms. The predicted molar refractivity (Wildman–Crippen MR) is 59.0 cm³/mol. The summed E-state index contributed by atoms with van der Waals surface area (Å²) in [6.45, 7) is 4.74. The minimum Gasteiger partial charge on any atom is -0.304 e. The number of hydrogen-bond acceptors (Lipinski definition) is 4. The first-order chi connectivity index (χ1) is 6.93. The second-order valence-corrected chi connectivity index (χ2v) is 8.42. The lowest BCUT2D eigenvalue weighted by Crippen LogP contribution is -2.29. The van der Waals surface area contributed by atoms with Crippen molar-refractivity contribution in [1.82, 2.24) is 0 Å². The van der Waals surface area contributed by atoms with Crippen LogP contribution >= 0.6 is 7.60 Å². The lowest BCUT2D eigenvalue weighted by atomic mass is 9.97. The molecule has 1 saturated heterocycles. The molecule has 0 aromatic rings. The van der Waals surface area contributed by atoms with E-state index in [2.05, 4.69) is 0 Å². The SMILES string of the molecule is CC1(C)COP(=O)(C2=CCCS2=O)OC1. The molecule has 2 rings (SSSR count). The van der Waals surface area contributed by atoms with E-state index in [4.69, 9.17) is 9.05 Å². The van der Waals surface area contributed by atoms with Crippen molar-refractivity contribution in [3.05, 3.63) is 10.7 Å². The molecule has 0 aromatic heterocycles. The van der Waals surface area contributed by atoms with Gasteiger partial charge >= 0.3 is 7.60 Å². The third-order valence-electron chi connectivity index (χ3n) is 2.38. The third-order valence-corrected chi connectivity index (χ3v) is 6.56. The molecule has 2 heterocycles. The highest BCUT2D eigenvalue weighted by Gasteiger charge is 2.42. The van der Waals surface area contributed by atoms with Crippen LogP contribution in [-0.2, 0) is 24.4 Å². The summed E-state index contributed by atoms with van der Waals surface area (Å²) in [5.41, 5.74) is -0.117. The number of hydrogen-bond donors (Lipinski definition) is 0. The van der Waals surface area contributed by atoms with E-state index in [-0.39, 0.29) is 5.41 Å². The Balaban J connectivity index is 2.17. The smallest absolute Gasteiger partial charge is 0.304 e. The minimum absolute atomic E-state index is 0.117. The van der Waals surface area contributed by atoms with Crippen molar-refractivity contribution in [2.24, 2.45) is 5.41 Å². The first-order valence-electron chi connectivity index (χ1n) is 4.91. The summed E-state index contributed by atoms with van der Waals surface area (Å²) in [6, 6.07) is 0. The average Bonchev–Trinajstić information content (AvgIpc) is 2.58. The molecule has 0 amide bonds. The van der Waals surface area contributed by atoms with E-state index in [1.807, 2.05) is 13.8 Å². The van der Waals surface area contributed by atoms with Gasteiger partial charge in [0.05, 0.1) is 24.0 Å². The molecule has 0 aromatic carbocycles. The van der Waals surface area contributed by atoms with Gasteiger partial charge in [-0.2, -0.15) is 0 Å². The van der Waals surface area contributed by atoms with Gasteiger partial charge in [0, 0.05) is 11.2 Å². The van der Waals surface area contributed by atoms with E-state index in [9.17, 15) is 8.77 Å². The van der Waals surface area contributed by atoms with E-state index < -0.39 is 18.4 Å². The highest BCUT2D eigenvalue weighted by Crippen LogP contribution is 2.62. The summed E-state index contributed by atoms with van der Waals surface area (Å²) in [4.78, 5) is 0. The van der Waals surface area contributed by atoms with Crippen molar-refractivity contribution in [3.63, 3.8) is 0 Å². The lowest BCUT2D eigenvalue weighted by molar-refractivity contribution is 0.0453. The van der Waals surface area contributed by atoms with Crippen molar-refractivity contribution < 1.29 is 17.8 Å². The van der Waals surface area contributed by atoms with E-state index >= 15 is 0 Å². The monoisotopic (exact) mass is 250 g/mol. The van der Waals surface area contributed by atoms with Crippen LogP contribution in [0.3, 0.4) is 0 Å². The predicted octanol–water partition coefficient (Wildman–Crippen LogP) is 2.25. The number of rotatable bonds is 1. The van der Waals surface area contributed by atoms with Crippen molar-refractivity contribution in [2.45, 2.75) is 20.3 Å². The quantitative estimate of drug-likeness (QED) is 0.670. The van der Waals surface area contributed by atoms with Crippen LogP contribution in [0.2, 0.25) is 0 Å². The van der Waals surface area contributed by atoms with Crippen molar-refractivity contribution in [2.75, 3.05) is 19.0 Å². The first-order valence-corrected chi connectivity index (χ1v) is 7.77. The molecule has 86 valence electrons. The van der Waals surface area contributed by atoms with Crippen LogP contribution in [0.15, 0.2) is 10.7 Å². The van der Waals surface area contributed by atoms with Crippen LogP contribution in [0, 0.1) is 5.41 Å². The number of allylic oxidation sites excluding steroid dienone is 1. The third kappa shape index (κ3) is 2.26. The first kappa shape index (κ1) is 11.5. The highest BCUT2D eigenvalue weighted by molar-refractivity contribution is 7.98. The van der Waals surface area contributed by atoms with Gasteiger partial charge in [0.2, 0.25) is 0 Å². The van der Waals surface area contributed by atoms with Crippen LogP contribution in [0.1, 0.15) is 20.3 Å². The fourth-order valence-electron chi connectivity index (χ4n) is 1.45. The Kier molecular flexibility index (Phi) is 2.93. The van der Waals surface area contributed by atoms with E-state index in [0.717, 1.165) is 0 Å². The van der Waals surface area contributed by atoms with Crippen LogP contribution in [0.5, 0.6) is 0 Å². The summed E-state index contributed by atoms with van der Waals surface area (Å²) in [7, 11) is -4.41. The molecule has 0 saturated carbocycles. The molecular weight excluding hydrogens is 235 g/mol. The molecule has 0 bridgehead atoms. The normalized spacial score (nSPS) is 33.7. The Morgan fingerprint density at radius 1 is 1.40 bits per heavy atom. The van der Waals surface area contributed by atoms with E-state index in [1.165, 1.54) is 0 Å². The van der Waals surface area contributed by atoms with Gasteiger partial charge in [-0.05, 0) is 6.42 Å². The Labute approximate surface area is 92.0 Å². The van der Waals surface area contributed by atoms with E-state index in [0.29, 0.717) is 30.0 Å². The molecule has 15 heavy (non-hydrogen) atoms. The second kappa shape index (κ2) is 3.81. The fraction of sp³-hybridized carbons (Fsp3) is 0.778. The van der Waals surface area contributed by atoms with Gasteiger partial charge < -0.3 is 9.05 Å². The summed E-state index contributed by atoms with van der Waals surface area (Å²) >= 11 is 0. The van der Waals surface area contributed by atoms with Crippen molar-refractivity contribution in [3.8, 4) is 0 Å². The zero-order valence-electron chi connectivity index (χ0n) is 8.89. The van der Waals surface area contributed by atoms with Gasteiger partial charge in [-0.15, -0.1) is 0 Å².